The van der Waals surface area contributed by atoms with E-state index in [9.17, 15) is 4.79 Å². The quantitative estimate of drug-likeness (QED) is 0.839. The summed E-state index contributed by atoms with van der Waals surface area (Å²) in [5, 5.41) is 12.4. The predicted octanol–water partition coefficient (Wildman–Crippen LogP) is 0.908. The van der Waals surface area contributed by atoms with Crippen molar-refractivity contribution in [2.24, 2.45) is 5.73 Å². The van der Waals surface area contributed by atoms with E-state index >= 15 is 0 Å². The van der Waals surface area contributed by atoms with Crippen LogP contribution in [0.4, 0.5) is 0 Å². The molecule has 1 unspecified atom stereocenters. The number of nitrogens with one attached hydrogen (secondary N) is 1. The standard InChI is InChI=1S/C12H21N5OS/c1-2-6-17-10(8-13)15-16-12(17)19-9-4-3-5-14-11(18)7-9/h9H,2-8,13H2,1H3,(H,14,18). The lowest BCUT2D eigenvalue weighted by molar-refractivity contribution is -0.120. The van der Waals surface area contributed by atoms with Gasteiger partial charge in [0.15, 0.2) is 5.16 Å². The molecule has 0 saturated carbocycles. The fourth-order valence-electron chi connectivity index (χ4n) is 2.19. The van der Waals surface area contributed by atoms with Gasteiger partial charge >= 0.3 is 0 Å². The molecule has 19 heavy (non-hydrogen) atoms. The summed E-state index contributed by atoms with van der Waals surface area (Å²) in [4.78, 5) is 11.6. The monoisotopic (exact) mass is 283 g/mol. The number of nitrogens with two attached hydrogens (primary N) is 1. The van der Waals surface area contributed by atoms with Gasteiger partial charge < -0.3 is 15.6 Å². The van der Waals surface area contributed by atoms with Crippen LogP contribution in [0.25, 0.3) is 0 Å². The highest BCUT2D eigenvalue weighted by atomic mass is 32.2. The highest BCUT2D eigenvalue weighted by Crippen LogP contribution is 2.28. The van der Waals surface area contributed by atoms with Crippen molar-refractivity contribution in [3.8, 4) is 0 Å². The first-order valence-corrected chi connectivity index (χ1v) is 7.68. The van der Waals surface area contributed by atoms with Crippen LogP contribution in [0.5, 0.6) is 0 Å². The maximum atomic E-state index is 11.6. The van der Waals surface area contributed by atoms with Gasteiger partial charge in [0.05, 0.1) is 6.54 Å². The molecule has 2 heterocycles. The van der Waals surface area contributed by atoms with Crippen molar-refractivity contribution in [1.29, 1.82) is 0 Å². The first kappa shape index (κ1) is 14.3. The Morgan fingerprint density at radius 1 is 1.53 bits per heavy atom. The van der Waals surface area contributed by atoms with Crippen molar-refractivity contribution in [1.82, 2.24) is 20.1 Å². The van der Waals surface area contributed by atoms with E-state index in [4.69, 9.17) is 5.73 Å². The second-order valence-corrected chi connectivity index (χ2v) is 5.96. The third kappa shape index (κ3) is 3.70. The zero-order valence-corrected chi connectivity index (χ0v) is 12.1. The maximum absolute atomic E-state index is 11.6. The smallest absolute Gasteiger partial charge is 0.221 e. The van der Waals surface area contributed by atoms with Crippen molar-refractivity contribution in [2.75, 3.05) is 6.54 Å². The summed E-state index contributed by atoms with van der Waals surface area (Å²) in [7, 11) is 0. The van der Waals surface area contributed by atoms with Gasteiger partial charge in [-0.3, -0.25) is 4.79 Å². The van der Waals surface area contributed by atoms with E-state index in [-0.39, 0.29) is 11.2 Å². The Labute approximate surface area is 117 Å². The molecule has 1 amide bonds. The Kier molecular flexibility index (Phi) is 5.21. The SMILES string of the molecule is CCCn1c(CN)nnc1SC1CCCNC(=O)C1. The molecule has 0 aromatic carbocycles. The number of thioether (sulfide) groups is 1. The van der Waals surface area contributed by atoms with Crippen LogP contribution >= 0.6 is 11.8 Å². The topological polar surface area (TPSA) is 85.8 Å². The Hall–Kier alpha value is -1.08. The van der Waals surface area contributed by atoms with Gasteiger partial charge in [0.1, 0.15) is 5.82 Å². The van der Waals surface area contributed by atoms with E-state index in [0.717, 1.165) is 43.3 Å². The summed E-state index contributed by atoms with van der Waals surface area (Å²) >= 11 is 1.66. The number of hydrogen-bond donors (Lipinski definition) is 2. The van der Waals surface area contributed by atoms with Crippen LogP contribution in [0, 0.1) is 0 Å². The zero-order valence-electron chi connectivity index (χ0n) is 11.3. The molecule has 6 nitrogen and oxygen atoms in total. The predicted molar refractivity (Wildman–Crippen MR) is 74.7 cm³/mol. The highest BCUT2D eigenvalue weighted by molar-refractivity contribution is 7.99. The minimum Gasteiger partial charge on any atom is -0.356 e. The molecule has 1 fully saturated rings. The Morgan fingerprint density at radius 2 is 2.37 bits per heavy atom. The van der Waals surface area contributed by atoms with E-state index in [1.165, 1.54) is 0 Å². The van der Waals surface area contributed by atoms with Crippen LogP contribution in [0.3, 0.4) is 0 Å². The van der Waals surface area contributed by atoms with Crippen LogP contribution in [0.2, 0.25) is 0 Å². The zero-order chi connectivity index (χ0) is 13.7. The van der Waals surface area contributed by atoms with Crippen molar-refractivity contribution in [2.45, 2.75) is 56.1 Å². The summed E-state index contributed by atoms with van der Waals surface area (Å²) in [6.07, 6.45) is 3.63. The summed E-state index contributed by atoms with van der Waals surface area (Å²) in [5.41, 5.74) is 5.68. The molecule has 1 aliphatic heterocycles. The van der Waals surface area contributed by atoms with Gasteiger partial charge in [-0.15, -0.1) is 10.2 Å². The average Bonchev–Trinajstić information content (AvgIpc) is 2.64. The summed E-state index contributed by atoms with van der Waals surface area (Å²) in [5.74, 6) is 0.957. The van der Waals surface area contributed by atoms with E-state index < -0.39 is 0 Å². The minimum absolute atomic E-state index is 0.135. The molecular formula is C12H21N5OS. The fourth-order valence-corrected chi connectivity index (χ4v) is 3.42. The van der Waals surface area contributed by atoms with Gasteiger partial charge in [0, 0.05) is 24.8 Å². The third-order valence-corrected chi connectivity index (χ3v) is 4.38. The number of aromatic nitrogens is 3. The van der Waals surface area contributed by atoms with Crippen LogP contribution in [-0.4, -0.2) is 32.5 Å². The highest BCUT2D eigenvalue weighted by Gasteiger charge is 2.21. The lowest BCUT2D eigenvalue weighted by atomic mass is 10.2. The Morgan fingerprint density at radius 3 is 3.11 bits per heavy atom. The third-order valence-electron chi connectivity index (χ3n) is 3.13. The van der Waals surface area contributed by atoms with E-state index in [1.54, 1.807) is 11.8 Å². The molecule has 3 N–H and O–H groups in total. The van der Waals surface area contributed by atoms with Gasteiger partial charge in [-0.05, 0) is 19.3 Å². The van der Waals surface area contributed by atoms with Gasteiger partial charge in [0.25, 0.3) is 0 Å². The first-order valence-electron chi connectivity index (χ1n) is 6.80. The molecule has 1 aliphatic rings. The summed E-state index contributed by atoms with van der Waals surface area (Å²) < 4.78 is 2.08. The van der Waals surface area contributed by atoms with Gasteiger partial charge in [-0.2, -0.15) is 0 Å². The molecule has 7 heteroatoms. The van der Waals surface area contributed by atoms with E-state index in [2.05, 4.69) is 27.0 Å². The van der Waals surface area contributed by atoms with E-state index in [1.807, 2.05) is 0 Å². The molecule has 1 saturated heterocycles. The fraction of sp³-hybridized carbons (Fsp3) is 0.750. The lowest BCUT2D eigenvalue weighted by Crippen LogP contribution is -2.23. The normalized spacial score (nSPS) is 20.1. The number of rotatable bonds is 5. The second kappa shape index (κ2) is 6.91. The molecule has 0 radical (unpaired) electrons. The number of carbonyl (C=O) groups excluding carboxylic acids is 1. The second-order valence-electron chi connectivity index (χ2n) is 4.69. The number of carbonyl (C=O) groups is 1. The van der Waals surface area contributed by atoms with Crippen molar-refractivity contribution < 1.29 is 4.79 Å². The van der Waals surface area contributed by atoms with Crippen LogP contribution in [0.1, 0.15) is 38.4 Å². The molecule has 1 aromatic rings. The number of hydrogen-bond acceptors (Lipinski definition) is 5. The van der Waals surface area contributed by atoms with E-state index in [0.29, 0.717) is 13.0 Å². The summed E-state index contributed by atoms with van der Waals surface area (Å²) in [6.45, 7) is 4.18. The molecule has 1 atom stereocenters. The van der Waals surface area contributed by atoms with Crippen LogP contribution in [-0.2, 0) is 17.9 Å². The summed E-state index contributed by atoms with van der Waals surface area (Å²) in [6, 6.07) is 0. The van der Waals surface area contributed by atoms with Crippen molar-refractivity contribution in [3.05, 3.63) is 5.82 Å². The van der Waals surface area contributed by atoms with Gasteiger partial charge in [-0.25, -0.2) is 0 Å². The lowest BCUT2D eigenvalue weighted by Gasteiger charge is -2.13. The molecule has 0 aliphatic carbocycles. The maximum Gasteiger partial charge on any atom is 0.221 e. The molecule has 0 spiro atoms. The number of amides is 1. The average molecular weight is 283 g/mol. The molecule has 2 rings (SSSR count). The first-order chi connectivity index (χ1) is 9.24. The van der Waals surface area contributed by atoms with Crippen LogP contribution in [0.15, 0.2) is 5.16 Å². The van der Waals surface area contributed by atoms with Gasteiger partial charge in [0.2, 0.25) is 5.91 Å². The minimum atomic E-state index is 0.135. The molecular weight excluding hydrogens is 262 g/mol. The molecule has 0 bridgehead atoms. The Balaban J connectivity index is 2.08. The molecule has 106 valence electrons. The van der Waals surface area contributed by atoms with Gasteiger partial charge in [-0.1, -0.05) is 18.7 Å². The van der Waals surface area contributed by atoms with Crippen molar-refractivity contribution >= 4 is 17.7 Å². The van der Waals surface area contributed by atoms with Crippen LogP contribution < -0.4 is 11.1 Å². The molecule has 1 aromatic heterocycles. The van der Waals surface area contributed by atoms with Crippen molar-refractivity contribution in [3.63, 3.8) is 0 Å². The Bertz CT molecular complexity index is 434. The largest absolute Gasteiger partial charge is 0.356 e. The number of nitrogens with zero attached hydrogens (tertiary/aromatic N) is 3.